The van der Waals surface area contributed by atoms with Gasteiger partial charge in [-0.25, -0.2) is 0 Å². The van der Waals surface area contributed by atoms with Gasteiger partial charge >= 0.3 is 0 Å². The number of furan rings is 1. The Kier molecular flexibility index (Phi) is 5.51. The molecule has 2 heteroatoms. The topological polar surface area (TPSA) is 13.1 Å². The van der Waals surface area contributed by atoms with Gasteiger partial charge in [-0.15, -0.1) is 11.3 Å². The van der Waals surface area contributed by atoms with Gasteiger partial charge in [-0.3, -0.25) is 0 Å². The minimum atomic E-state index is 0.927. The molecule has 10 rings (SSSR count). The summed E-state index contributed by atoms with van der Waals surface area (Å²) in [5.74, 6) is 0. The summed E-state index contributed by atoms with van der Waals surface area (Å²) < 4.78 is 8.66. The van der Waals surface area contributed by atoms with Crippen molar-refractivity contribution in [3.63, 3.8) is 0 Å². The molecule has 0 fully saturated rings. The molecule has 2 aromatic heterocycles. The summed E-state index contributed by atoms with van der Waals surface area (Å²) in [5, 5.41) is 11.4. The molecule has 1 nitrogen and oxygen atoms in total. The van der Waals surface area contributed by atoms with E-state index in [1.165, 1.54) is 85.7 Å². The Balaban J connectivity index is 1.24. The maximum Gasteiger partial charge on any atom is 0.135 e. The lowest BCUT2D eigenvalue weighted by Crippen LogP contribution is -1.90. The fourth-order valence-electron chi connectivity index (χ4n) is 7.48. The van der Waals surface area contributed by atoms with Crippen LogP contribution in [0.25, 0.3) is 96.8 Å². The van der Waals surface area contributed by atoms with Crippen LogP contribution in [0.4, 0.5) is 0 Å². The van der Waals surface area contributed by atoms with Crippen molar-refractivity contribution in [2.45, 2.75) is 0 Å². The minimum absolute atomic E-state index is 0.927. The normalized spacial score (nSPS) is 11.9. The van der Waals surface area contributed by atoms with E-state index in [1.807, 2.05) is 17.6 Å². The first-order valence-corrected chi connectivity index (χ1v) is 16.5. The van der Waals surface area contributed by atoms with Crippen LogP contribution in [-0.2, 0) is 0 Å². The van der Waals surface area contributed by atoms with E-state index < -0.39 is 0 Å². The second-order valence-electron chi connectivity index (χ2n) is 12.0. The van der Waals surface area contributed by atoms with Crippen LogP contribution in [0.1, 0.15) is 0 Å². The maximum atomic E-state index is 6.10. The van der Waals surface area contributed by atoms with Crippen molar-refractivity contribution >= 4 is 74.8 Å². The summed E-state index contributed by atoms with van der Waals surface area (Å²) in [7, 11) is 0. The van der Waals surface area contributed by atoms with E-state index >= 15 is 0 Å². The van der Waals surface area contributed by atoms with Gasteiger partial charge in [-0.05, 0) is 84.4 Å². The monoisotopic (exact) mass is 602 g/mol. The molecule has 0 aliphatic carbocycles. The minimum Gasteiger partial charge on any atom is -0.464 e. The van der Waals surface area contributed by atoms with E-state index in [2.05, 4.69) is 152 Å². The number of rotatable bonds is 3. The van der Waals surface area contributed by atoms with E-state index in [-0.39, 0.29) is 0 Å². The molecule has 0 N–H and O–H groups in total. The molecular formula is C44H26OS. The van der Waals surface area contributed by atoms with E-state index in [4.69, 9.17) is 4.42 Å². The molecule has 0 bridgehead atoms. The van der Waals surface area contributed by atoms with Gasteiger partial charge in [-0.1, -0.05) is 127 Å². The average molecular weight is 603 g/mol. The third-order valence-corrected chi connectivity index (χ3v) is 10.6. The molecule has 0 saturated carbocycles. The van der Waals surface area contributed by atoms with Crippen molar-refractivity contribution in [1.82, 2.24) is 0 Å². The fourth-order valence-corrected chi connectivity index (χ4v) is 8.63. The van der Waals surface area contributed by atoms with Gasteiger partial charge in [0.1, 0.15) is 5.58 Å². The van der Waals surface area contributed by atoms with Gasteiger partial charge in [0.2, 0.25) is 0 Å². The van der Waals surface area contributed by atoms with Crippen LogP contribution in [0.5, 0.6) is 0 Å². The maximum absolute atomic E-state index is 6.10. The van der Waals surface area contributed by atoms with Crippen LogP contribution in [0.3, 0.4) is 0 Å². The average Bonchev–Trinajstić information content (AvgIpc) is 3.72. The molecular weight excluding hydrogens is 577 g/mol. The van der Waals surface area contributed by atoms with Crippen molar-refractivity contribution in [2.75, 3.05) is 0 Å². The van der Waals surface area contributed by atoms with Crippen LogP contribution >= 0.6 is 11.3 Å². The summed E-state index contributed by atoms with van der Waals surface area (Å²) >= 11 is 1.86. The molecule has 0 atom stereocenters. The molecule has 0 saturated heterocycles. The molecule has 0 aliphatic heterocycles. The lowest BCUT2D eigenvalue weighted by Gasteiger charge is -2.18. The van der Waals surface area contributed by atoms with Gasteiger partial charge in [0.15, 0.2) is 0 Å². The Morgan fingerprint density at radius 1 is 0.391 bits per heavy atom. The van der Waals surface area contributed by atoms with Crippen LogP contribution in [0.2, 0.25) is 0 Å². The highest BCUT2D eigenvalue weighted by Gasteiger charge is 2.19. The summed E-state index contributed by atoms with van der Waals surface area (Å²) in [6, 6.07) is 55.2. The second-order valence-corrected chi connectivity index (χ2v) is 13.1. The first-order chi connectivity index (χ1) is 22.8. The Hall–Kier alpha value is -5.70. The molecule has 46 heavy (non-hydrogen) atoms. The highest BCUT2D eigenvalue weighted by Crippen LogP contribution is 2.47. The SMILES string of the molecule is c1ccc(-c2coc3ccc4sc5cc(-c6c7ccccc7c(-c7ccc8ccccc8c7)c7ccccc67)ccc5c4c23)cc1. The van der Waals surface area contributed by atoms with Crippen LogP contribution in [0, 0.1) is 0 Å². The molecule has 0 spiro atoms. The van der Waals surface area contributed by atoms with E-state index in [0.29, 0.717) is 0 Å². The summed E-state index contributed by atoms with van der Waals surface area (Å²) in [4.78, 5) is 0. The summed E-state index contributed by atoms with van der Waals surface area (Å²) in [5.41, 5.74) is 8.31. The second kappa shape index (κ2) is 9.90. The zero-order valence-electron chi connectivity index (χ0n) is 24.8. The Morgan fingerprint density at radius 3 is 1.72 bits per heavy atom. The highest BCUT2D eigenvalue weighted by molar-refractivity contribution is 7.26. The highest BCUT2D eigenvalue weighted by atomic mass is 32.1. The molecule has 10 aromatic rings. The van der Waals surface area contributed by atoms with E-state index in [0.717, 1.165) is 11.1 Å². The zero-order valence-corrected chi connectivity index (χ0v) is 25.6. The predicted octanol–water partition coefficient (Wildman–Crippen LogP) is 13.3. The molecule has 0 amide bonds. The van der Waals surface area contributed by atoms with Crippen molar-refractivity contribution in [3.8, 4) is 33.4 Å². The third-order valence-electron chi connectivity index (χ3n) is 9.52. The fraction of sp³-hybridized carbons (Fsp3) is 0. The van der Waals surface area contributed by atoms with Crippen molar-refractivity contribution in [1.29, 1.82) is 0 Å². The number of hydrogen-bond donors (Lipinski definition) is 0. The van der Waals surface area contributed by atoms with Gasteiger partial charge < -0.3 is 4.42 Å². The lowest BCUT2D eigenvalue weighted by atomic mass is 9.85. The van der Waals surface area contributed by atoms with E-state index in [9.17, 15) is 0 Å². The zero-order chi connectivity index (χ0) is 30.2. The Bertz CT molecular complexity index is 2740. The van der Waals surface area contributed by atoms with Crippen molar-refractivity contribution in [3.05, 3.63) is 158 Å². The lowest BCUT2D eigenvalue weighted by molar-refractivity contribution is 0.617. The predicted molar refractivity (Wildman–Crippen MR) is 198 cm³/mol. The van der Waals surface area contributed by atoms with Crippen molar-refractivity contribution in [2.24, 2.45) is 0 Å². The summed E-state index contributed by atoms with van der Waals surface area (Å²) in [6.45, 7) is 0. The van der Waals surface area contributed by atoms with Gasteiger partial charge in [0.25, 0.3) is 0 Å². The number of hydrogen-bond acceptors (Lipinski definition) is 2. The van der Waals surface area contributed by atoms with Crippen LogP contribution in [-0.4, -0.2) is 0 Å². The first-order valence-electron chi connectivity index (χ1n) is 15.7. The Labute approximate surface area is 269 Å². The molecule has 0 unspecified atom stereocenters. The van der Waals surface area contributed by atoms with Gasteiger partial charge in [-0.2, -0.15) is 0 Å². The van der Waals surface area contributed by atoms with E-state index in [1.54, 1.807) is 0 Å². The first kappa shape index (κ1) is 25.6. The van der Waals surface area contributed by atoms with Crippen LogP contribution < -0.4 is 0 Å². The molecule has 0 radical (unpaired) electrons. The molecule has 8 aromatic carbocycles. The number of fused-ring (bicyclic) bond motifs is 8. The largest absolute Gasteiger partial charge is 0.464 e. The standard InChI is InChI=1S/C44H26OS/c1-2-11-28(12-3-1)37-26-45-38-22-23-39-44(43(37)38)36-21-20-31(25-40(36)46-39)42-34-16-8-6-14-32(34)41(33-15-7-9-17-35(33)42)30-19-18-27-10-4-5-13-29(27)24-30/h1-26H. The quantitative estimate of drug-likeness (QED) is 0.183. The van der Waals surface area contributed by atoms with Crippen LogP contribution in [0.15, 0.2) is 162 Å². The smallest absolute Gasteiger partial charge is 0.135 e. The Morgan fingerprint density at radius 2 is 1.00 bits per heavy atom. The molecule has 2 heterocycles. The van der Waals surface area contributed by atoms with Gasteiger partial charge in [0.05, 0.1) is 6.26 Å². The summed E-state index contributed by atoms with van der Waals surface area (Å²) in [6.07, 6.45) is 1.91. The van der Waals surface area contributed by atoms with Gasteiger partial charge in [0, 0.05) is 31.1 Å². The number of thiophene rings is 1. The number of benzene rings is 8. The third kappa shape index (κ3) is 3.74. The molecule has 0 aliphatic rings. The molecule has 214 valence electrons. The van der Waals surface area contributed by atoms with Crippen molar-refractivity contribution < 1.29 is 4.42 Å².